The fourth-order valence-corrected chi connectivity index (χ4v) is 2.98. The van der Waals surface area contributed by atoms with Crippen molar-refractivity contribution < 1.29 is 23.8 Å². The van der Waals surface area contributed by atoms with Gasteiger partial charge in [-0.15, -0.1) is 4.99 Å². The van der Waals surface area contributed by atoms with Crippen molar-refractivity contribution >= 4 is 17.6 Å². The van der Waals surface area contributed by atoms with E-state index in [0.29, 0.717) is 22.6 Å². The Morgan fingerprint density at radius 1 is 1.21 bits per heavy atom. The number of carbonyl (C=O) groups excluding carboxylic acids is 1. The summed E-state index contributed by atoms with van der Waals surface area (Å²) < 4.78 is 18.4. The number of hydrogen-bond donors (Lipinski definition) is 0. The average molecular weight is 404 g/mol. The number of nitrogens with zero attached hydrogens (tertiary/aromatic N) is 1. The Labute approximate surface area is 167 Å². The summed E-state index contributed by atoms with van der Waals surface area (Å²) >= 11 is 6.15. The van der Waals surface area contributed by atoms with Gasteiger partial charge in [0.1, 0.15) is 12.4 Å². The zero-order valence-electron chi connectivity index (χ0n) is 15.2. The van der Waals surface area contributed by atoms with Crippen LogP contribution in [-0.4, -0.2) is 18.1 Å². The van der Waals surface area contributed by atoms with Crippen LogP contribution in [0.1, 0.15) is 11.1 Å². The molecule has 146 valence electrons. The first-order valence-electron chi connectivity index (χ1n) is 8.61. The molecule has 0 N–H and O–H groups in total. The smallest absolute Gasteiger partial charge is 0.335 e. The molecule has 5 nitrogen and oxygen atoms in total. The third-order valence-corrected chi connectivity index (χ3v) is 4.58. The second-order valence-corrected chi connectivity index (χ2v) is 6.55. The monoisotopic (exact) mass is 403 g/mol. The quantitative estimate of drug-likeness (QED) is 0.384. The van der Waals surface area contributed by atoms with Crippen LogP contribution < -0.4 is 0 Å². The maximum Gasteiger partial charge on any atom is 0.335 e. The van der Waals surface area contributed by atoms with Crippen molar-refractivity contribution in [3.63, 3.8) is 0 Å². The van der Waals surface area contributed by atoms with Gasteiger partial charge in [-0.25, -0.2) is 19.1 Å². The highest BCUT2D eigenvalue weighted by atomic mass is 35.5. The summed E-state index contributed by atoms with van der Waals surface area (Å²) in [7, 11) is 1.30. The van der Waals surface area contributed by atoms with Gasteiger partial charge in [0.05, 0.1) is 12.7 Å². The fourth-order valence-electron chi connectivity index (χ4n) is 2.78. The van der Waals surface area contributed by atoms with Crippen LogP contribution in [0.2, 0.25) is 5.02 Å². The van der Waals surface area contributed by atoms with E-state index in [1.165, 1.54) is 36.6 Å². The number of carbonyl (C=O) groups is 1. The van der Waals surface area contributed by atoms with E-state index in [9.17, 15) is 9.18 Å². The van der Waals surface area contributed by atoms with E-state index >= 15 is 0 Å². The normalized spacial score (nSPS) is 16.0. The largest absolute Gasteiger partial charge is 0.466 e. The summed E-state index contributed by atoms with van der Waals surface area (Å²) in [6.07, 6.45) is 5.19. The van der Waals surface area contributed by atoms with Gasteiger partial charge in [0, 0.05) is 23.3 Å². The van der Waals surface area contributed by atoms with E-state index < -0.39 is 5.97 Å². The molecule has 0 spiro atoms. The Hall–Kier alpha value is -2.67. The number of allylic oxidation sites excluding steroid dienone is 1. The summed E-state index contributed by atoms with van der Waals surface area (Å²) in [5.41, 5.74) is 1.88. The summed E-state index contributed by atoms with van der Waals surface area (Å²) in [5, 5.41) is 1.71. The molecule has 0 aromatic heterocycles. The van der Waals surface area contributed by atoms with Gasteiger partial charge >= 0.3 is 5.97 Å². The minimum absolute atomic E-state index is 0.245. The Kier molecular flexibility index (Phi) is 6.81. The van der Waals surface area contributed by atoms with Crippen molar-refractivity contribution in [2.45, 2.75) is 13.0 Å². The lowest BCUT2D eigenvalue weighted by Crippen LogP contribution is -2.24. The van der Waals surface area contributed by atoms with E-state index in [4.69, 9.17) is 26.2 Å². The van der Waals surface area contributed by atoms with Gasteiger partial charge in [-0.05, 0) is 35.7 Å². The summed E-state index contributed by atoms with van der Waals surface area (Å²) in [5.74, 6) is -1.25. The molecule has 1 heterocycles. The van der Waals surface area contributed by atoms with Gasteiger partial charge in [0.15, 0.2) is 0 Å². The van der Waals surface area contributed by atoms with Crippen molar-refractivity contribution in [1.82, 2.24) is 5.06 Å². The fraction of sp³-hybridized carbons (Fsp3) is 0.190. The number of hydroxylamine groups is 2. The zero-order chi connectivity index (χ0) is 19.9. The van der Waals surface area contributed by atoms with Gasteiger partial charge in [0.2, 0.25) is 0 Å². The van der Waals surface area contributed by atoms with E-state index in [0.717, 1.165) is 5.56 Å². The van der Waals surface area contributed by atoms with Crippen LogP contribution in [0.4, 0.5) is 4.39 Å². The highest BCUT2D eigenvalue weighted by Gasteiger charge is 2.25. The number of esters is 1. The number of benzene rings is 2. The molecule has 0 amide bonds. The van der Waals surface area contributed by atoms with Crippen molar-refractivity contribution in [3.8, 4) is 0 Å². The molecular weight excluding hydrogens is 385 g/mol. The van der Waals surface area contributed by atoms with Crippen molar-refractivity contribution in [2.24, 2.45) is 5.92 Å². The second kappa shape index (κ2) is 9.50. The van der Waals surface area contributed by atoms with Gasteiger partial charge in [-0.1, -0.05) is 48.0 Å². The molecule has 1 unspecified atom stereocenters. The number of ether oxygens (including phenoxy) is 1. The average Bonchev–Trinajstić information content (AvgIpc) is 2.72. The Morgan fingerprint density at radius 2 is 2.00 bits per heavy atom. The first-order valence-corrected chi connectivity index (χ1v) is 8.98. The first-order chi connectivity index (χ1) is 13.6. The molecule has 2 aromatic carbocycles. The summed E-state index contributed by atoms with van der Waals surface area (Å²) in [6.45, 7) is 0.245. The lowest BCUT2D eigenvalue weighted by molar-refractivity contribution is -0.403. The van der Waals surface area contributed by atoms with Gasteiger partial charge < -0.3 is 4.74 Å². The third-order valence-electron chi connectivity index (χ3n) is 4.21. The molecule has 0 bridgehead atoms. The van der Waals surface area contributed by atoms with Crippen molar-refractivity contribution in [3.05, 3.63) is 94.5 Å². The maximum atomic E-state index is 13.5. The first kappa shape index (κ1) is 20.1. The lowest BCUT2D eigenvalue weighted by Gasteiger charge is -2.24. The number of halogens is 2. The number of hydrogen-bond acceptors (Lipinski definition) is 5. The van der Waals surface area contributed by atoms with Crippen LogP contribution in [0.5, 0.6) is 0 Å². The predicted octanol–water partition coefficient (Wildman–Crippen LogP) is 4.59. The van der Waals surface area contributed by atoms with Gasteiger partial charge in [0.25, 0.3) is 0 Å². The van der Waals surface area contributed by atoms with Crippen LogP contribution in [0, 0.1) is 11.7 Å². The van der Waals surface area contributed by atoms with Crippen LogP contribution >= 0.6 is 11.6 Å². The summed E-state index contributed by atoms with van der Waals surface area (Å²) in [6, 6.07) is 13.7. The molecule has 1 aliphatic rings. The molecule has 3 rings (SSSR count). The van der Waals surface area contributed by atoms with E-state index in [-0.39, 0.29) is 18.3 Å². The van der Waals surface area contributed by atoms with Crippen LogP contribution in [0.3, 0.4) is 0 Å². The standard InChI is InChI=1S/C21H19ClFNO4/c1-26-21(25)19-13-24(28-27-14-15-5-3-2-4-6-15)10-9-16(19)11-17-12-18(23)7-8-20(17)22/h2-10,12-13,16H,11,14H2,1H3. The molecule has 0 saturated carbocycles. The lowest BCUT2D eigenvalue weighted by atomic mass is 9.91. The highest BCUT2D eigenvalue weighted by molar-refractivity contribution is 6.31. The zero-order valence-corrected chi connectivity index (χ0v) is 15.9. The third kappa shape index (κ3) is 5.19. The summed E-state index contributed by atoms with van der Waals surface area (Å²) in [4.78, 5) is 22.7. The van der Waals surface area contributed by atoms with Crippen molar-refractivity contribution in [2.75, 3.05) is 7.11 Å². The molecule has 1 aliphatic heterocycles. The molecule has 0 aliphatic carbocycles. The van der Waals surface area contributed by atoms with E-state index in [1.807, 2.05) is 30.3 Å². The molecule has 0 saturated heterocycles. The highest BCUT2D eigenvalue weighted by Crippen LogP contribution is 2.28. The van der Waals surface area contributed by atoms with Gasteiger partial charge in [-0.2, -0.15) is 0 Å². The van der Waals surface area contributed by atoms with Crippen LogP contribution in [-0.2, 0) is 32.4 Å². The number of methoxy groups -OCH3 is 1. The molecular formula is C21H19ClFNO4. The molecule has 1 atom stereocenters. The maximum absolute atomic E-state index is 13.5. The molecule has 2 aromatic rings. The SMILES string of the molecule is COC(=O)C1=CN(OOCc2ccccc2)C=CC1Cc1cc(F)ccc1Cl. The number of rotatable bonds is 7. The Balaban J connectivity index is 1.68. The minimum atomic E-state index is -0.515. The van der Waals surface area contributed by atoms with Gasteiger partial charge in [-0.3, -0.25) is 0 Å². The van der Waals surface area contributed by atoms with Crippen LogP contribution in [0.15, 0.2) is 72.6 Å². The molecule has 0 radical (unpaired) electrons. The van der Waals surface area contributed by atoms with E-state index in [2.05, 4.69) is 0 Å². The molecule has 28 heavy (non-hydrogen) atoms. The van der Waals surface area contributed by atoms with Crippen molar-refractivity contribution in [1.29, 1.82) is 0 Å². The Morgan fingerprint density at radius 3 is 2.75 bits per heavy atom. The minimum Gasteiger partial charge on any atom is -0.466 e. The molecule has 7 heteroatoms. The predicted molar refractivity (Wildman–Crippen MR) is 102 cm³/mol. The van der Waals surface area contributed by atoms with Crippen LogP contribution in [0.25, 0.3) is 0 Å². The van der Waals surface area contributed by atoms with E-state index in [1.54, 1.807) is 12.3 Å². The molecule has 0 fully saturated rings. The second-order valence-electron chi connectivity index (χ2n) is 6.15. The topological polar surface area (TPSA) is 48.0 Å². The Bertz CT molecular complexity index is 885.